The fourth-order valence-corrected chi connectivity index (χ4v) is 3.26. The zero-order valence-electron chi connectivity index (χ0n) is 17.8. The number of nitrogens with one attached hydrogen (secondary N) is 2. The summed E-state index contributed by atoms with van der Waals surface area (Å²) in [5, 5.41) is 6.72. The van der Waals surface area contributed by atoms with Crippen LogP contribution in [0.4, 0.5) is 0 Å². The van der Waals surface area contributed by atoms with Crippen LogP contribution in [0.15, 0.2) is 23.2 Å². The van der Waals surface area contributed by atoms with Crippen molar-refractivity contribution in [2.45, 2.75) is 51.7 Å². The van der Waals surface area contributed by atoms with Crippen LogP contribution in [0.25, 0.3) is 0 Å². The third-order valence-electron chi connectivity index (χ3n) is 4.69. The summed E-state index contributed by atoms with van der Waals surface area (Å²) < 4.78 is 11.8. The van der Waals surface area contributed by atoms with E-state index in [4.69, 9.17) is 14.5 Å². The molecule has 0 amide bonds. The van der Waals surface area contributed by atoms with Gasteiger partial charge >= 0.3 is 0 Å². The molecule has 2 rings (SSSR count). The third-order valence-corrected chi connectivity index (χ3v) is 4.69. The monoisotopic (exact) mass is 504 g/mol. The van der Waals surface area contributed by atoms with Gasteiger partial charge in [0.15, 0.2) is 17.5 Å². The number of ether oxygens (including phenoxy) is 2. The summed E-state index contributed by atoms with van der Waals surface area (Å²) in [5.74, 6) is 2.48. The van der Waals surface area contributed by atoms with Crippen molar-refractivity contribution in [3.05, 3.63) is 23.8 Å². The highest BCUT2D eigenvalue weighted by Gasteiger charge is 2.20. The van der Waals surface area contributed by atoms with Gasteiger partial charge in [0, 0.05) is 18.7 Å². The number of nitrogens with zero attached hydrogens (tertiary/aromatic N) is 2. The van der Waals surface area contributed by atoms with E-state index in [1.54, 1.807) is 7.11 Å². The molecule has 1 aromatic rings. The predicted molar refractivity (Wildman–Crippen MR) is 127 cm³/mol. The van der Waals surface area contributed by atoms with Crippen LogP contribution in [0, 0.1) is 0 Å². The molecule has 0 aromatic heterocycles. The average molecular weight is 504 g/mol. The molecular formula is C21H37IN4O2. The molecule has 0 unspecified atom stereocenters. The van der Waals surface area contributed by atoms with Crippen molar-refractivity contribution in [1.29, 1.82) is 0 Å². The summed E-state index contributed by atoms with van der Waals surface area (Å²) in [6, 6.07) is 6.04. The molecule has 2 N–H and O–H groups in total. The van der Waals surface area contributed by atoms with Gasteiger partial charge in [0.25, 0.3) is 0 Å². The summed E-state index contributed by atoms with van der Waals surface area (Å²) >= 11 is 0. The van der Waals surface area contributed by atoms with E-state index in [2.05, 4.69) is 42.6 Å². The second-order valence-corrected chi connectivity index (χ2v) is 7.25. The normalized spacial score (nSPS) is 14.7. The van der Waals surface area contributed by atoms with E-state index in [-0.39, 0.29) is 24.0 Å². The molecule has 28 heavy (non-hydrogen) atoms. The average Bonchev–Trinajstić information content (AvgIpc) is 3.17. The fourth-order valence-electron chi connectivity index (χ4n) is 3.26. The SMILES string of the molecule is CCNC(=NCc1cccc(OC)c1OC1CCCC1)NCCCN(C)C.I. The molecule has 1 aliphatic rings. The minimum atomic E-state index is 0. The second-order valence-electron chi connectivity index (χ2n) is 7.25. The molecular weight excluding hydrogens is 467 g/mol. The van der Waals surface area contributed by atoms with Gasteiger partial charge in [-0.15, -0.1) is 24.0 Å². The molecule has 0 bridgehead atoms. The van der Waals surface area contributed by atoms with Gasteiger partial charge in [-0.2, -0.15) is 0 Å². The van der Waals surface area contributed by atoms with Gasteiger partial charge < -0.3 is 25.0 Å². The predicted octanol–water partition coefficient (Wildman–Crippen LogP) is 3.64. The smallest absolute Gasteiger partial charge is 0.191 e. The van der Waals surface area contributed by atoms with E-state index in [0.29, 0.717) is 12.6 Å². The first-order valence-corrected chi connectivity index (χ1v) is 10.1. The summed E-state index contributed by atoms with van der Waals surface area (Å²) in [5.41, 5.74) is 1.06. The summed E-state index contributed by atoms with van der Waals surface area (Å²) in [7, 11) is 5.88. The minimum absolute atomic E-state index is 0. The lowest BCUT2D eigenvalue weighted by Gasteiger charge is -2.19. The topological polar surface area (TPSA) is 58.1 Å². The molecule has 1 fully saturated rings. The first kappa shape index (κ1) is 24.8. The molecule has 1 aromatic carbocycles. The lowest BCUT2D eigenvalue weighted by Crippen LogP contribution is -2.38. The number of methoxy groups -OCH3 is 1. The lowest BCUT2D eigenvalue weighted by molar-refractivity contribution is 0.198. The van der Waals surface area contributed by atoms with Crippen molar-refractivity contribution in [2.75, 3.05) is 40.8 Å². The van der Waals surface area contributed by atoms with Gasteiger partial charge in [-0.25, -0.2) is 4.99 Å². The number of benzene rings is 1. The van der Waals surface area contributed by atoms with Crippen LogP contribution in [-0.2, 0) is 6.54 Å². The molecule has 0 heterocycles. The summed E-state index contributed by atoms with van der Waals surface area (Å²) in [6.07, 6.45) is 6.10. The Hall–Kier alpha value is -1.22. The van der Waals surface area contributed by atoms with E-state index in [0.717, 1.165) is 61.9 Å². The number of para-hydroxylation sites is 1. The Morgan fingerprint density at radius 3 is 2.61 bits per heavy atom. The fraction of sp³-hybridized carbons (Fsp3) is 0.667. The van der Waals surface area contributed by atoms with Gasteiger partial charge in [0.05, 0.1) is 19.8 Å². The standard InChI is InChI=1S/C21H36N4O2.HI/c1-5-22-21(23-14-9-15-25(2)3)24-16-17-10-8-13-19(26-4)20(17)27-18-11-6-7-12-18;/h8,10,13,18H,5-7,9,11-12,14-16H2,1-4H3,(H2,22,23,24);1H. The third kappa shape index (κ3) is 8.43. The molecule has 0 spiro atoms. The highest BCUT2D eigenvalue weighted by molar-refractivity contribution is 14.0. The molecule has 160 valence electrons. The first-order valence-electron chi connectivity index (χ1n) is 10.1. The number of aliphatic imine (C=N–C) groups is 1. The van der Waals surface area contributed by atoms with Gasteiger partial charge in [-0.3, -0.25) is 0 Å². The van der Waals surface area contributed by atoms with Crippen LogP contribution in [0.5, 0.6) is 11.5 Å². The van der Waals surface area contributed by atoms with Gasteiger partial charge in [0.1, 0.15) is 0 Å². The molecule has 0 saturated heterocycles. The Morgan fingerprint density at radius 2 is 1.96 bits per heavy atom. The Kier molecular flexibility index (Phi) is 12.3. The highest BCUT2D eigenvalue weighted by atomic mass is 127. The van der Waals surface area contributed by atoms with Crippen molar-refractivity contribution in [3.8, 4) is 11.5 Å². The van der Waals surface area contributed by atoms with E-state index in [1.807, 2.05) is 12.1 Å². The number of rotatable bonds is 10. The number of hydrogen-bond donors (Lipinski definition) is 2. The van der Waals surface area contributed by atoms with Crippen molar-refractivity contribution in [1.82, 2.24) is 15.5 Å². The van der Waals surface area contributed by atoms with Crippen molar-refractivity contribution in [3.63, 3.8) is 0 Å². The quantitative estimate of drug-likeness (QED) is 0.221. The second kappa shape index (κ2) is 13.9. The van der Waals surface area contributed by atoms with Crippen LogP contribution < -0.4 is 20.1 Å². The van der Waals surface area contributed by atoms with Crippen LogP contribution in [0.3, 0.4) is 0 Å². The van der Waals surface area contributed by atoms with Crippen LogP contribution >= 0.6 is 24.0 Å². The Morgan fingerprint density at radius 1 is 1.21 bits per heavy atom. The van der Waals surface area contributed by atoms with Gasteiger partial charge in [-0.05, 0) is 65.7 Å². The zero-order chi connectivity index (χ0) is 19.5. The molecule has 0 atom stereocenters. The molecule has 1 saturated carbocycles. The van der Waals surface area contributed by atoms with E-state index < -0.39 is 0 Å². The van der Waals surface area contributed by atoms with Crippen LogP contribution in [0.1, 0.15) is 44.6 Å². The maximum atomic E-state index is 6.31. The number of hydrogen-bond acceptors (Lipinski definition) is 4. The van der Waals surface area contributed by atoms with Gasteiger partial charge in [-0.1, -0.05) is 12.1 Å². The summed E-state index contributed by atoms with van der Waals surface area (Å²) in [4.78, 5) is 6.95. The maximum absolute atomic E-state index is 6.31. The molecule has 0 aliphatic heterocycles. The molecule has 0 radical (unpaired) electrons. The molecule has 7 heteroatoms. The highest BCUT2D eigenvalue weighted by Crippen LogP contribution is 2.35. The lowest BCUT2D eigenvalue weighted by atomic mass is 10.1. The van der Waals surface area contributed by atoms with Crippen LogP contribution in [-0.4, -0.2) is 57.8 Å². The van der Waals surface area contributed by atoms with Crippen LogP contribution in [0.2, 0.25) is 0 Å². The van der Waals surface area contributed by atoms with Crippen molar-refractivity contribution in [2.24, 2.45) is 4.99 Å². The number of guanidine groups is 1. The van der Waals surface area contributed by atoms with Crippen molar-refractivity contribution < 1.29 is 9.47 Å². The summed E-state index contributed by atoms with van der Waals surface area (Å²) in [6.45, 7) is 5.43. The van der Waals surface area contributed by atoms with E-state index in [1.165, 1.54) is 12.8 Å². The Labute approximate surface area is 187 Å². The largest absolute Gasteiger partial charge is 0.493 e. The molecule has 6 nitrogen and oxygen atoms in total. The Balaban J connectivity index is 0.00000392. The Bertz CT molecular complexity index is 590. The maximum Gasteiger partial charge on any atom is 0.191 e. The zero-order valence-corrected chi connectivity index (χ0v) is 20.1. The first-order chi connectivity index (χ1) is 13.1. The number of halogens is 1. The van der Waals surface area contributed by atoms with Crippen molar-refractivity contribution >= 4 is 29.9 Å². The van der Waals surface area contributed by atoms with E-state index in [9.17, 15) is 0 Å². The minimum Gasteiger partial charge on any atom is -0.493 e. The van der Waals surface area contributed by atoms with Gasteiger partial charge in [0.2, 0.25) is 0 Å². The molecule has 1 aliphatic carbocycles. The van der Waals surface area contributed by atoms with E-state index >= 15 is 0 Å².